The first-order valence-corrected chi connectivity index (χ1v) is 14.0. The molecule has 0 radical (unpaired) electrons. The summed E-state index contributed by atoms with van der Waals surface area (Å²) in [6, 6.07) is 11.6. The van der Waals surface area contributed by atoms with E-state index in [0.29, 0.717) is 29.5 Å². The first-order valence-electron chi connectivity index (χ1n) is 11.7. The van der Waals surface area contributed by atoms with Crippen LogP contribution >= 0.6 is 23.7 Å². The number of fused-ring (bicyclic) bond motifs is 1. The molecule has 0 unspecified atom stereocenters. The number of anilines is 1. The number of hydrogen-bond acceptors (Lipinski definition) is 9. The number of rotatable bonds is 14. The Bertz CT molecular complexity index is 1280. The monoisotopic (exact) mass is 586 g/mol. The van der Waals surface area contributed by atoms with Crippen molar-refractivity contribution >= 4 is 55.0 Å². The number of carbonyl (C=O) groups is 1. The van der Waals surface area contributed by atoms with E-state index in [1.807, 2.05) is 37.2 Å². The molecule has 0 fully saturated rings. The normalized spacial score (nSPS) is 11.7. The highest BCUT2D eigenvalue weighted by Crippen LogP contribution is 2.32. The molecule has 1 amide bonds. The van der Waals surface area contributed by atoms with Crippen LogP contribution in [0.2, 0.25) is 0 Å². The Kier molecular flexibility index (Phi) is 12.4. The molecule has 1 heterocycles. The van der Waals surface area contributed by atoms with Crippen LogP contribution in [0.15, 0.2) is 47.4 Å². The number of aromatic nitrogens is 1. The van der Waals surface area contributed by atoms with Crippen LogP contribution in [0, 0.1) is 0 Å². The fraction of sp³-hybridized carbons (Fsp3) is 0.440. The van der Waals surface area contributed by atoms with Crippen LogP contribution < -0.4 is 9.64 Å². The summed E-state index contributed by atoms with van der Waals surface area (Å²) in [5, 5.41) is 0.567. The van der Waals surface area contributed by atoms with Crippen molar-refractivity contribution in [2.45, 2.75) is 4.90 Å². The maximum Gasteiger partial charge on any atom is 0.260 e. The molecule has 0 spiro atoms. The molecule has 0 aliphatic carbocycles. The van der Waals surface area contributed by atoms with Gasteiger partial charge in [-0.25, -0.2) is 13.4 Å². The molecule has 0 N–H and O–H groups in total. The Labute approximate surface area is 234 Å². The molecular formula is C25H35ClN4O6S2. The molecule has 210 valence electrons. The summed E-state index contributed by atoms with van der Waals surface area (Å²) in [7, 11) is 4.72. The maximum absolute atomic E-state index is 13.6. The van der Waals surface area contributed by atoms with E-state index >= 15 is 0 Å². The molecular weight excluding hydrogens is 552 g/mol. The predicted molar refractivity (Wildman–Crippen MR) is 153 cm³/mol. The molecule has 0 saturated carbocycles. The number of likely N-dealkylation sites (N-methyl/N-ethyl adjacent to an activating group) is 1. The third-order valence-corrected chi connectivity index (χ3v) is 8.63. The molecule has 0 aliphatic rings. The number of amides is 1. The second-order valence-corrected chi connectivity index (χ2v) is 11.5. The fourth-order valence-electron chi connectivity index (χ4n) is 3.53. The minimum Gasteiger partial charge on any atom is -0.497 e. The van der Waals surface area contributed by atoms with Gasteiger partial charge in [0, 0.05) is 52.0 Å². The topological polar surface area (TPSA) is 102 Å². The number of halogens is 1. The van der Waals surface area contributed by atoms with Crippen molar-refractivity contribution in [2.24, 2.45) is 0 Å². The van der Waals surface area contributed by atoms with E-state index in [9.17, 15) is 13.2 Å². The van der Waals surface area contributed by atoms with Crippen molar-refractivity contribution in [3.05, 3.63) is 48.0 Å². The number of nitrogens with zero attached hydrogens (tertiary/aromatic N) is 4. The molecule has 38 heavy (non-hydrogen) atoms. The second kappa shape index (κ2) is 14.7. The Morgan fingerprint density at radius 3 is 2.11 bits per heavy atom. The van der Waals surface area contributed by atoms with Crippen molar-refractivity contribution in [1.82, 2.24) is 14.2 Å². The van der Waals surface area contributed by atoms with Gasteiger partial charge in [-0.15, -0.1) is 12.4 Å². The van der Waals surface area contributed by atoms with Crippen LogP contribution in [-0.4, -0.2) is 103 Å². The molecule has 0 aliphatic heterocycles. The Hall–Kier alpha value is -2.32. The van der Waals surface area contributed by atoms with Gasteiger partial charge in [-0.1, -0.05) is 11.3 Å². The van der Waals surface area contributed by atoms with Gasteiger partial charge in [-0.2, -0.15) is 4.31 Å². The van der Waals surface area contributed by atoms with Crippen LogP contribution in [0.3, 0.4) is 0 Å². The summed E-state index contributed by atoms with van der Waals surface area (Å²) in [6.07, 6.45) is 0. The van der Waals surface area contributed by atoms with Gasteiger partial charge in [-0.05, 0) is 50.5 Å². The summed E-state index contributed by atoms with van der Waals surface area (Å²) >= 11 is 1.42. The molecule has 0 atom stereocenters. The first kappa shape index (κ1) is 31.9. The minimum absolute atomic E-state index is 0. The number of sulfonamides is 1. The third-order valence-electron chi connectivity index (χ3n) is 5.66. The highest BCUT2D eigenvalue weighted by Gasteiger charge is 2.26. The molecule has 3 aromatic rings. The van der Waals surface area contributed by atoms with E-state index in [2.05, 4.69) is 4.98 Å². The largest absolute Gasteiger partial charge is 0.497 e. The van der Waals surface area contributed by atoms with Crippen LogP contribution in [0.5, 0.6) is 5.75 Å². The first-order chi connectivity index (χ1) is 17.7. The van der Waals surface area contributed by atoms with E-state index < -0.39 is 10.0 Å². The van der Waals surface area contributed by atoms with Gasteiger partial charge in [0.15, 0.2) is 5.13 Å². The zero-order valence-corrected chi connectivity index (χ0v) is 24.7. The third kappa shape index (κ3) is 7.85. The molecule has 0 saturated heterocycles. The summed E-state index contributed by atoms with van der Waals surface area (Å²) in [6.45, 7) is 1.96. The lowest BCUT2D eigenvalue weighted by atomic mass is 10.2. The van der Waals surface area contributed by atoms with Crippen molar-refractivity contribution in [3.8, 4) is 5.75 Å². The fourth-order valence-corrected chi connectivity index (χ4v) is 5.91. The van der Waals surface area contributed by atoms with Gasteiger partial charge in [-0.3, -0.25) is 9.69 Å². The number of carbonyl (C=O) groups excluding carboxylic acids is 1. The van der Waals surface area contributed by atoms with Crippen molar-refractivity contribution < 1.29 is 27.4 Å². The summed E-state index contributed by atoms with van der Waals surface area (Å²) in [5.41, 5.74) is 1.12. The van der Waals surface area contributed by atoms with Crippen LogP contribution in [-0.2, 0) is 19.5 Å². The van der Waals surface area contributed by atoms with Gasteiger partial charge in [0.25, 0.3) is 5.91 Å². The lowest BCUT2D eigenvalue weighted by Crippen LogP contribution is -2.37. The highest BCUT2D eigenvalue weighted by molar-refractivity contribution is 7.89. The van der Waals surface area contributed by atoms with Crippen LogP contribution in [0.1, 0.15) is 10.4 Å². The molecule has 13 heteroatoms. The van der Waals surface area contributed by atoms with E-state index in [1.165, 1.54) is 42.0 Å². The standard InChI is InChI=1S/C25H34N4O6S2.ClH/c1-27(2)12-13-29(25-26-22-18-20(35-5)8-11-23(22)36-25)24(30)19-6-9-21(10-7-19)37(31,32)28(14-16-33-3)15-17-34-4;/h6-11,18H,12-17H2,1-5H3;1H. The van der Waals surface area contributed by atoms with Gasteiger partial charge in [0.05, 0.1) is 35.4 Å². The lowest BCUT2D eigenvalue weighted by Gasteiger charge is -2.23. The van der Waals surface area contributed by atoms with E-state index in [4.69, 9.17) is 14.2 Å². The van der Waals surface area contributed by atoms with Crippen molar-refractivity contribution in [3.63, 3.8) is 0 Å². The number of hydrogen-bond donors (Lipinski definition) is 0. The molecule has 3 rings (SSSR count). The minimum atomic E-state index is -3.79. The Morgan fingerprint density at radius 2 is 1.55 bits per heavy atom. The smallest absolute Gasteiger partial charge is 0.260 e. The van der Waals surface area contributed by atoms with E-state index in [-0.39, 0.29) is 49.5 Å². The second-order valence-electron chi connectivity index (χ2n) is 8.50. The summed E-state index contributed by atoms with van der Waals surface area (Å²) in [4.78, 5) is 22.0. The molecule has 1 aromatic heterocycles. The molecule has 2 aromatic carbocycles. The SMILES string of the molecule is COCCN(CCOC)S(=O)(=O)c1ccc(C(=O)N(CCN(C)C)c2nc3cc(OC)ccc3s2)cc1.Cl. The predicted octanol–water partition coefficient (Wildman–Crippen LogP) is 3.22. The Morgan fingerprint density at radius 1 is 0.921 bits per heavy atom. The summed E-state index contributed by atoms with van der Waals surface area (Å²) < 4.78 is 44.1. The average molecular weight is 587 g/mol. The maximum atomic E-state index is 13.6. The van der Waals surface area contributed by atoms with E-state index in [0.717, 1.165) is 10.2 Å². The van der Waals surface area contributed by atoms with Gasteiger partial charge < -0.3 is 19.1 Å². The van der Waals surface area contributed by atoms with Crippen LogP contribution in [0.25, 0.3) is 10.2 Å². The molecule has 0 bridgehead atoms. The van der Waals surface area contributed by atoms with Gasteiger partial charge >= 0.3 is 0 Å². The molecule has 10 nitrogen and oxygen atoms in total. The van der Waals surface area contributed by atoms with Gasteiger partial charge in [0.1, 0.15) is 5.75 Å². The van der Waals surface area contributed by atoms with Gasteiger partial charge in [0.2, 0.25) is 10.0 Å². The van der Waals surface area contributed by atoms with Crippen molar-refractivity contribution in [1.29, 1.82) is 0 Å². The van der Waals surface area contributed by atoms with Crippen molar-refractivity contribution in [2.75, 3.05) is 79.7 Å². The summed E-state index contributed by atoms with van der Waals surface area (Å²) in [5.74, 6) is 0.435. The number of benzene rings is 2. The zero-order valence-electron chi connectivity index (χ0n) is 22.2. The number of ether oxygens (including phenoxy) is 3. The van der Waals surface area contributed by atoms with Crippen LogP contribution in [0.4, 0.5) is 5.13 Å². The number of methoxy groups -OCH3 is 3. The average Bonchev–Trinajstić information content (AvgIpc) is 3.31. The van der Waals surface area contributed by atoms with E-state index in [1.54, 1.807) is 24.1 Å². The number of thiazole rings is 1. The quantitative estimate of drug-likeness (QED) is 0.284. The Balaban J connectivity index is 0.00000507. The zero-order chi connectivity index (χ0) is 27.0. The lowest BCUT2D eigenvalue weighted by molar-refractivity contribution is 0.0985. The highest BCUT2D eigenvalue weighted by atomic mass is 35.5.